The van der Waals surface area contributed by atoms with Crippen LogP contribution >= 0.6 is 0 Å². The molecule has 6 heteroatoms. The van der Waals surface area contributed by atoms with Gasteiger partial charge in [0.25, 0.3) is 5.88 Å². The average Bonchev–Trinajstić information content (AvgIpc) is 2.57. The molecule has 5 nitrogen and oxygen atoms in total. The largest absolute Gasteiger partial charge is 0.472 e. The van der Waals surface area contributed by atoms with Crippen LogP contribution in [0, 0.1) is 5.82 Å². The van der Waals surface area contributed by atoms with E-state index in [-0.39, 0.29) is 17.6 Å². The second-order valence-corrected chi connectivity index (χ2v) is 6.56. The maximum Gasteiger partial charge on any atom is 0.250 e. The van der Waals surface area contributed by atoms with Gasteiger partial charge in [0.1, 0.15) is 6.10 Å². The van der Waals surface area contributed by atoms with Gasteiger partial charge in [-0.1, -0.05) is 6.07 Å². The number of ether oxygens (including phenoxy) is 2. The molecule has 4 heterocycles. The third kappa shape index (κ3) is 3.25. The monoisotopic (exact) mass is 329 g/mol. The minimum absolute atomic E-state index is 0.0521. The van der Waals surface area contributed by atoms with Gasteiger partial charge in [0.2, 0.25) is 0 Å². The number of hydrogen-bond donors (Lipinski definition) is 0. The van der Waals surface area contributed by atoms with Crippen molar-refractivity contribution in [2.24, 2.45) is 0 Å². The number of hydrogen-bond acceptors (Lipinski definition) is 5. The van der Waals surface area contributed by atoms with Crippen LogP contribution in [0.15, 0.2) is 42.9 Å². The minimum Gasteiger partial charge on any atom is -0.472 e. The molecule has 2 aromatic rings. The van der Waals surface area contributed by atoms with Gasteiger partial charge in [0.05, 0.1) is 12.2 Å². The lowest BCUT2D eigenvalue weighted by molar-refractivity contribution is -0.188. The van der Waals surface area contributed by atoms with Crippen molar-refractivity contribution in [2.75, 3.05) is 19.7 Å². The molecule has 2 aliphatic heterocycles. The molecule has 126 valence electrons. The lowest BCUT2D eigenvalue weighted by atomic mass is 9.84. The van der Waals surface area contributed by atoms with Crippen LogP contribution in [0.1, 0.15) is 18.4 Å². The lowest BCUT2D eigenvalue weighted by Crippen LogP contribution is -2.65. The topological polar surface area (TPSA) is 47.5 Å². The summed E-state index contributed by atoms with van der Waals surface area (Å²) in [5.41, 5.74) is 1.03. The Morgan fingerprint density at radius 3 is 2.96 bits per heavy atom. The molecule has 0 N–H and O–H groups in total. The zero-order valence-corrected chi connectivity index (χ0v) is 13.4. The first-order valence-corrected chi connectivity index (χ1v) is 8.25. The van der Waals surface area contributed by atoms with Crippen molar-refractivity contribution in [3.05, 3.63) is 54.2 Å². The third-order valence-corrected chi connectivity index (χ3v) is 4.60. The summed E-state index contributed by atoms with van der Waals surface area (Å²) < 4.78 is 25.5. The standard InChI is InChI=1S/C18H20FN3O2/c19-16-4-2-7-21-17(16)24-15-5-8-23-18(9-15)12-22(13-18)11-14-3-1-6-20-10-14/h1-4,6-7,10,15H,5,8-9,11-13H2/t15-/m1/s1. The zero-order valence-electron chi connectivity index (χ0n) is 13.4. The summed E-state index contributed by atoms with van der Waals surface area (Å²) >= 11 is 0. The van der Waals surface area contributed by atoms with Gasteiger partial charge < -0.3 is 9.47 Å². The van der Waals surface area contributed by atoms with E-state index in [0.29, 0.717) is 6.61 Å². The van der Waals surface area contributed by atoms with Crippen molar-refractivity contribution in [3.8, 4) is 5.88 Å². The van der Waals surface area contributed by atoms with E-state index >= 15 is 0 Å². The van der Waals surface area contributed by atoms with E-state index in [1.165, 1.54) is 11.6 Å². The van der Waals surface area contributed by atoms with Crippen molar-refractivity contribution in [3.63, 3.8) is 0 Å². The molecule has 2 aromatic heterocycles. The van der Waals surface area contributed by atoms with Crippen LogP contribution in [0.4, 0.5) is 4.39 Å². The summed E-state index contributed by atoms with van der Waals surface area (Å²) in [4.78, 5) is 10.5. The molecule has 4 rings (SSSR count). The van der Waals surface area contributed by atoms with E-state index in [0.717, 1.165) is 32.5 Å². The molecule has 0 bridgehead atoms. The first kappa shape index (κ1) is 15.5. The first-order valence-electron chi connectivity index (χ1n) is 8.25. The van der Waals surface area contributed by atoms with Gasteiger partial charge in [-0.2, -0.15) is 0 Å². The molecule has 2 saturated heterocycles. The van der Waals surface area contributed by atoms with E-state index < -0.39 is 5.82 Å². The van der Waals surface area contributed by atoms with Gasteiger partial charge in [-0.3, -0.25) is 9.88 Å². The van der Waals surface area contributed by atoms with Crippen molar-refractivity contribution in [1.82, 2.24) is 14.9 Å². The van der Waals surface area contributed by atoms with E-state index in [1.54, 1.807) is 18.5 Å². The van der Waals surface area contributed by atoms with Crippen LogP contribution in [-0.2, 0) is 11.3 Å². The highest BCUT2D eigenvalue weighted by molar-refractivity contribution is 5.14. The molecule has 0 aliphatic carbocycles. The number of pyridine rings is 2. The fourth-order valence-electron chi connectivity index (χ4n) is 3.55. The SMILES string of the molecule is Fc1cccnc1O[C@@H]1CCOC2(C1)CN(Cc1cccnc1)C2. The highest BCUT2D eigenvalue weighted by Gasteiger charge is 2.48. The summed E-state index contributed by atoms with van der Waals surface area (Å²) in [7, 11) is 0. The van der Waals surface area contributed by atoms with Gasteiger partial charge in [0, 0.05) is 51.1 Å². The van der Waals surface area contributed by atoms with Gasteiger partial charge in [-0.25, -0.2) is 9.37 Å². The van der Waals surface area contributed by atoms with Crippen LogP contribution < -0.4 is 4.74 Å². The summed E-state index contributed by atoms with van der Waals surface area (Å²) in [5.74, 6) is -0.323. The Labute approximate surface area is 140 Å². The Morgan fingerprint density at radius 2 is 2.17 bits per heavy atom. The minimum atomic E-state index is -0.412. The maximum absolute atomic E-state index is 13.7. The average molecular weight is 329 g/mol. The van der Waals surface area contributed by atoms with Crippen LogP contribution in [0.3, 0.4) is 0 Å². The molecule has 24 heavy (non-hydrogen) atoms. The molecule has 1 spiro atoms. The molecule has 1 atom stereocenters. The normalized spacial score (nSPS) is 23.0. The Morgan fingerprint density at radius 1 is 1.29 bits per heavy atom. The molecule has 2 aliphatic rings. The molecular weight excluding hydrogens is 309 g/mol. The van der Waals surface area contributed by atoms with Gasteiger partial charge in [0.15, 0.2) is 5.82 Å². The highest BCUT2D eigenvalue weighted by atomic mass is 19.1. The van der Waals surface area contributed by atoms with Crippen molar-refractivity contribution in [2.45, 2.75) is 31.1 Å². The van der Waals surface area contributed by atoms with Crippen LogP contribution in [0.25, 0.3) is 0 Å². The van der Waals surface area contributed by atoms with E-state index in [9.17, 15) is 4.39 Å². The molecular formula is C18H20FN3O2. The Hall–Kier alpha value is -2.05. The molecule has 0 saturated carbocycles. The van der Waals surface area contributed by atoms with Crippen LogP contribution in [-0.4, -0.2) is 46.3 Å². The number of halogens is 1. The lowest BCUT2D eigenvalue weighted by Gasteiger charge is -2.53. The first-order chi connectivity index (χ1) is 11.7. The van der Waals surface area contributed by atoms with Crippen molar-refractivity contribution < 1.29 is 13.9 Å². The Balaban J connectivity index is 1.34. The van der Waals surface area contributed by atoms with Gasteiger partial charge >= 0.3 is 0 Å². The zero-order chi connectivity index (χ0) is 16.4. The smallest absolute Gasteiger partial charge is 0.250 e. The van der Waals surface area contributed by atoms with E-state index in [1.807, 2.05) is 12.3 Å². The van der Waals surface area contributed by atoms with Crippen molar-refractivity contribution in [1.29, 1.82) is 0 Å². The van der Waals surface area contributed by atoms with Crippen molar-refractivity contribution >= 4 is 0 Å². The van der Waals surface area contributed by atoms with E-state index in [4.69, 9.17) is 9.47 Å². The maximum atomic E-state index is 13.7. The van der Waals surface area contributed by atoms with Gasteiger partial charge in [-0.05, 0) is 23.8 Å². The Kier molecular flexibility index (Phi) is 4.16. The predicted octanol–water partition coefficient (Wildman–Crippen LogP) is 2.43. The highest BCUT2D eigenvalue weighted by Crippen LogP contribution is 2.36. The van der Waals surface area contributed by atoms with Gasteiger partial charge in [-0.15, -0.1) is 0 Å². The summed E-state index contributed by atoms with van der Waals surface area (Å²) in [5, 5.41) is 0. The van der Waals surface area contributed by atoms with E-state index in [2.05, 4.69) is 20.9 Å². The summed E-state index contributed by atoms with van der Waals surface area (Å²) in [6.07, 6.45) is 6.70. The fraction of sp³-hybridized carbons (Fsp3) is 0.444. The van der Waals surface area contributed by atoms with Crippen LogP contribution in [0.2, 0.25) is 0 Å². The molecule has 0 radical (unpaired) electrons. The molecule has 2 fully saturated rings. The third-order valence-electron chi connectivity index (χ3n) is 4.60. The second-order valence-electron chi connectivity index (χ2n) is 6.56. The van der Waals surface area contributed by atoms with Crippen LogP contribution in [0.5, 0.6) is 5.88 Å². The number of likely N-dealkylation sites (tertiary alicyclic amines) is 1. The fourth-order valence-corrected chi connectivity index (χ4v) is 3.55. The molecule has 0 amide bonds. The quantitative estimate of drug-likeness (QED) is 0.862. The summed E-state index contributed by atoms with van der Waals surface area (Å²) in [6, 6.07) is 6.97. The number of nitrogens with zero attached hydrogens (tertiary/aromatic N) is 3. The molecule has 0 aromatic carbocycles. The number of rotatable bonds is 4. The Bertz CT molecular complexity index is 692. The molecule has 0 unspecified atom stereocenters. The summed E-state index contributed by atoms with van der Waals surface area (Å²) in [6.45, 7) is 3.25. The predicted molar refractivity (Wildman–Crippen MR) is 86.0 cm³/mol. The number of aromatic nitrogens is 2. The second kappa shape index (κ2) is 6.45.